The molecular formula is C29H41FN2O7. The van der Waals surface area contributed by atoms with E-state index in [1.54, 1.807) is 14.0 Å². The highest BCUT2D eigenvalue weighted by Crippen LogP contribution is 2.49. The molecule has 4 rings (SSSR count). The Morgan fingerprint density at radius 3 is 2.36 bits per heavy atom. The highest BCUT2D eigenvalue weighted by Gasteiger charge is 2.51. The Morgan fingerprint density at radius 2 is 1.74 bits per heavy atom. The lowest BCUT2D eigenvalue weighted by Gasteiger charge is -2.34. The van der Waals surface area contributed by atoms with Crippen molar-refractivity contribution in [2.75, 3.05) is 20.8 Å². The fourth-order valence-corrected chi connectivity index (χ4v) is 6.31. The van der Waals surface area contributed by atoms with Crippen LogP contribution in [0, 0.1) is 29.0 Å². The van der Waals surface area contributed by atoms with E-state index >= 15 is 0 Å². The van der Waals surface area contributed by atoms with Crippen molar-refractivity contribution in [2.24, 2.45) is 23.2 Å². The van der Waals surface area contributed by atoms with Gasteiger partial charge in [0.1, 0.15) is 5.75 Å². The van der Waals surface area contributed by atoms with Crippen LogP contribution in [0.2, 0.25) is 0 Å². The third-order valence-electron chi connectivity index (χ3n) is 9.10. The van der Waals surface area contributed by atoms with Gasteiger partial charge in [0.05, 0.1) is 35.7 Å². The topological polar surface area (TPSA) is 123 Å². The molecule has 4 atom stereocenters. The minimum absolute atomic E-state index is 0.0745. The number of amides is 2. The molecule has 3 N–H and O–H groups in total. The molecule has 2 bridgehead atoms. The molecule has 0 spiro atoms. The molecule has 0 aliphatic heterocycles. The zero-order valence-corrected chi connectivity index (χ0v) is 23.5. The quantitative estimate of drug-likeness (QED) is 0.405. The fraction of sp³-hybridized carbons (Fsp3) is 0.690. The number of halogens is 1. The smallest absolute Gasteiger partial charge is 0.309 e. The van der Waals surface area contributed by atoms with Gasteiger partial charge in [0.15, 0.2) is 11.6 Å². The van der Waals surface area contributed by atoms with Gasteiger partial charge in [-0.1, -0.05) is 0 Å². The Labute approximate surface area is 229 Å². The Morgan fingerprint density at radius 1 is 1.08 bits per heavy atom. The van der Waals surface area contributed by atoms with Crippen LogP contribution < -0.4 is 20.1 Å². The molecule has 0 heterocycles. The van der Waals surface area contributed by atoms with Crippen molar-refractivity contribution in [1.82, 2.24) is 10.6 Å². The van der Waals surface area contributed by atoms with Crippen LogP contribution in [0.4, 0.5) is 4.39 Å². The lowest BCUT2D eigenvalue weighted by molar-refractivity contribution is -0.150. The second-order valence-corrected chi connectivity index (χ2v) is 12.2. The molecule has 9 nitrogen and oxygen atoms in total. The number of ether oxygens (including phenoxy) is 3. The van der Waals surface area contributed by atoms with Gasteiger partial charge in [0.2, 0.25) is 5.91 Å². The lowest BCUT2D eigenvalue weighted by Crippen LogP contribution is -2.51. The lowest BCUT2D eigenvalue weighted by atomic mass is 9.75. The van der Waals surface area contributed by atoms with Gasteiger partial charge in [0.25, 0.3) is 5.91 Å². The molecular weight excluding hydrogens is 507 g/mol. The first-order chi connectivity index (χ1) is 18.4. The number of carboxylic acid groups (broad SMARTS) is 1. The van der Waals surface area contributed by atoms with Crippen molar-refractivity contribution in [3.8, 4) is 11.5 Å². The van der Waals surface area contributed by atoms with Crippen LogP contribution in [-0.4, -0.2) is 61.4 Å². The van der Waals surface area contributed by atoms with Gasteiger partial charge >= 0.3 is 5.97 Å². The summed E-state index contributed by atoms with van der Waals surface area (Å²) in [6, 6.07) is 2.14. The molecule has 10 heteroatoms. The predicted molar refractivity (Wildman–Crippen MR) is 141 cm³/mol. The highest BCUT2D eigenvalue weighted by molar-refractivity contribution is 5.98. The maximum atomic E-state index is 14.9. The average molecular weight is 549 g/mol. The Kier molecular flexibility index (Phi) is 8.44. The van der Waals surface area contributed by atoms with E-state index in [1.807, 2.05) is 13.8 Å². The standard InChI is InChI=1S/C29H41FN2O7/c1-28(2,38-5)15-31-26(34)23-16-6-7-17(12-16)24(23)32-25(33)19-13-22(20(30)14-21(19)37-4)39-18-8-10-29(3,11-9-18)27(35)36/h13-14,16-18,23-24H,6-12,15H2,1-5H3,(H,31,34)(H,32,33)(H,35,36)/t16-,17+,18?,23+,24-,29?/m1/s1. The molecule has 3 fully saturated rings. The summed E-state index contributed by atoms with van der Waals surface area (Å²) in [5.74, 6) is -2.02. The molecule has 39 heavy (non-hydrogen) atoms. The van der Waals surface area contributed by atoms with Gasteiger partial charge in [-0.25, -0.2) is 4.39 Å². The molecule has 0 unspecified atom stereocenters. The number of hydrogen-bond donors (Lipinski definition) is 3. The highest BCUT2D eigenvalue weighted by atomic mass is 19.1. The number of rotatable bonds is 10. The monoisotopic (exact) mass is 548 g/mol. The fourth-order valence-electron chi connectivity index (χ4n) is 6.31. The minimum atomic E-state index is -0.842. The molecule has 1 aromatic carbocycles. The van der Waals surface area contributed by atoms with Crippen molar-refractivity contribution < 1.29 is 38.1 Å². The minimum Gasteiger partial charge on any atom is -0.496 e. The summed E-state index contributed by atoms with van der Waals surface area (Å²) in [5.41, 5.74) is -1.19. The molecule has 0 saturated heterocycles. The summed E-state index contributed by atoms with van der Waals surface area (Å²) in [4.78, 5) is 38.3. The summed E-state index contributed by atoms with van der Waals surface area (Å²) in [7, 11) is 2.97. The molecule has 0 radical (unpaired) electrons. The Bertz CT molecular complexity index is 1100. The van der Waals surface area contributed by atoms with Gasteiger partial charge in [0, 0.05) is 25.8 Å². The number of aliphatic carboxylic acids is 1. The summed E-state index contributed by atoms with van der Waals surface area (Å²) < 4.78 is 31.6. The molecule has 0 aromatic heterocycles. The molecule has 216 valence electrons. The number of benzene rings is 1. The number of carbonyl (C=O) groups excluding carboxylic acids is 2. The van der Waals surface area contributed by atoms with E-state index in [2.05, 4.69) is 10.6 Å². The van der Waals surface area contributed by atoms with Crippen molar-refractivity contribution in [2.45, 2.75) is 83.5 Å². The van der Waals surface area contributed by atoms with Crippen molar-refractivity contribution >= 4 is 17.8 Å². The van der Waals surface area contributed by atoms with Crippen LogP contribution in [0.3, 0.4) is 0 Å². The van der Waals surface area contributed by atoms with E-state index in [4.69, 9.17) is 14.2 Å². The van der Waals surface area contributed by atoms with E-state index in [0.29, 0.717) is 32.2 Å². The first-order valence-corrected chi connectivity index (χ1v) is 13.8. The van der Waals surface area contributed by atoms with E-state index in [-0.39, 0.29) is 52.9 Å². The van der Waals surface area contributed by atoms with Crippen LogP contribution >= 0.6 is 0 Å². The third kappa shape index (κ3) is 6.15. The molecule has 3 aliphatic rings. The van der Waals surface area contributed by atoms with Gasteiger partial charge in [-0.05, 0) is 83.6 Å². The van der Waals surface area contributed by atoms with Gasteiger partial charge < -0.3 is 30.0 Å². The Balaban J connectivity index is 1.48. The summed E-state index contributed by atoms with van der Waals surface area (Å²) in [5, 5.41) is 15.5. The largest absolute Gasteiger partial charge is 0.496 e. The van der Waals surface area contributed by atoms with Crippen LogP contribution in [0.1, 0.15) is 76.1 Å². The molecule has 1 aromatic rings. The number of carbonyl (C=O) groups is 3. The normalized spacial score (nSPS) is 30.1. The zero-order chi connectivity index (χ0) is 28.5. The second-order valence-electron chi connectivity index (χ2n) is 12.2. The predicted octanol–water partition coefficient (Wildman–Crippen LogP) is 3.93. The maximum absolute atomic E-state index is 14.9. The van der Waals surface area contributed by atoms with Gasteiger partial charge in [-0.2, -0.15) is 0 Å². The van der Waals surface area contributed by atoms with Crippen molar-refractivity contribution in [3.05, 3.63) is 23.5 Å². The number of nitrogens with one attached hydrogen (secondary N) is 2. The average Bonchev–Trinajstić information content (AvgIpc) is 3.51. The number of carboxylic acids is 1. The van der Waals surface area contributed by atoms with E-state index in [0.717, 1.165) is 25.3 Å². The first kappa shape index (κ1) is 29.1. The number of methoxy groups -OCH3 is 2. The summed E-state index contributed by atoms with van der Waals surface area (Å²) in [6.07, 6.45) is 4.20. The first-order valence-electron chi connectivity index (χ1n) is 13.8. The number of fused-ring (bicyclic) bond motifs is 2. The van der Waals surface area contributed by atoms with Crippen LogP contribution in [0.5, 0.6) is 11.5 Å². The molecule has 3 aliphatic carbocycles. The van der Waals surface area contributed by atoms with Gasteiger partial charge in [-0.15, -0.1) is 0 Å². The van der Waals surface area contributed by atoms with Crippen molar-refractivity contribution in [1.29, 1.82) is 0 Å². The van der Waals surface area contributed by atoms with Crippen molar-refractivity contribution in [3.63, 3.8) is 0 Å². The number of hydrogen-bond acceptors (Lipinski definition) is 6. The summed E-state index contributed by atoms with van der Waals surface area (Å²) >= 11 is 0. The maximum Gasteiger partial charge on any atom is 0.309 e. The molecule has 2 amide bonds. The summed E-state index contributed by atoms with van der Waals surface area (Å²) in [6.45, 7) is 5.86. The SMILES string of the molecule is COc1cc(F)c(OC2CCC(C)(C(=O)O)CC2)cc1C(=O)N[C@@H]1[C@H]2CC[C@H](C2)[C@@H]1C(=O)NCC(C)(C)OC. The van der Waals surface area contributed by atoms with E-state index in [1.165, 1.54) is 13.2 Å². The Hall–Kier alpha value is -2.88. The zero-order valence-electron chi connectivity index (χ0n) is 23.5. The van der Waals surface area contributed by atoms with Crippen LogP contribution in [0.25, 0.3) is 0 Å². The van der Waals surface area contributed by atoms with Gasteiger partial charge in [-0.3, -0.25) is 14.4 Å². The second kappa shape index (κ2) is 11.3. The van der Waals surface area contributed by atoms with E-state index < -0.39 is 28.7 Å². The third-order valence-corrected chi connectivity index (χ3v) is 9.10. The molecule has 3 saturated carbocycles. The van der Waals surface area contributed by atoms with Crippen LogP contribution in [0.15, 0.2) is 12.1 Å². The van der Waals surface area contributed by atoms with E-state index in [9.17, 15) is 23.9 Å². The van der Waals surface area contributed by atoms with Crippen LogP contribution in [-0.2, 0) is 14.3 Å².